The zero-order valence-corrected chi connectivity index (χ0v) is 18.9. The first-order valence-electron chi connectivity index (χ1n) is 9.21. The summed E-state index contributed by atoms with van der Waals surface area (Å²) in [6, 6.07) is 15.9. The van der Waals surface area contributed by atoms with Crippen molar-refractivity contribution in [3.05, 3.63) is 94.0 Å². The van der Waals surface area contributed by atoms with E-state index in [0.29, 0.717) is 5.56 Å². The SMILES string of the molecule is Cc1ccc(S(=O)(=O)N(CC(=O)Nc2cc(F)ccc2F)Cc2ccc(Br)cc2)cc1. The second-order valence-corrected chi connectivity index (χ2v) is 9.74. The molecule has 0 unspecified atom stereocenters. The minimum atomic E-state index is -4.04. The van der Waals surface area contributed by atoms with Crippen LogP contribution in [0.25, 0.3) is 0 Å². The number of nitrogens with one attached hydrogen (secondary N) is 1. The first kappa shape index (κ1) is 23.1. The lowest BCUT2D eigenvalue weighted by Crippen LogP contribution is -2.37. The third-order valence-corrected chi connectivity index (χ3v) is 6.79. The van der Waals surface area contributed by atoms with E-state index >= 15 is 0 Å². The number of carbonyl (C=O) groups excluding carboxylic acids is 1. The highest BCUT2D eigenvalue weighted by Gasteiger charge is 2.27. The van der Waals surface area contributed by atoms with Crippen LogP contribution in [-0.4, -0.2) is 25.2 Å². The number of hydrogen-bond acceptors (Lipinski definition) is 3. The van der Waals surface area contributed by atoms with Crippen molar-refractivity contribution in [2.75, 3.05) is 11.9 Å². The molecule has 0 radical (unpaired) electrons. The number of benzene rings is 3. The fourth-order valence-corrected chi connectivity index (χ4v) is 4.47. The lowest BCUT2D eigenvalue weighted by Gasteiger charge is -2.22. The van der Waals surface area contributed by atoms with Gasteiger partial charge in [-0.1, -0.05) is 45.8 Å². The van der Waals surface area contributed by atoms with E-state index in [0.717, 1.165) is 32.5 Å². The van der Waals surface area contributed by atoms with Gasteiger partial charge >= 0.3 is 0 Å². The molecule has 9 heteroatoms. The number of hydrogen-bond donors (Lipinski definition) is 1. The Bertz CT molecular complexity index is 1180. The van der Waals surface area contributed by atoms with Gasteiger partial charge in [-0.25, -0.2) is 17.2 Å². The molecule has 5 nitrogen and oxygen atoms in total. The van der Waals surface area contributed by atoms with Crippen LogP contribution in [0.5, 0.6) is 0 Å². The van der Waals surface area contributed by atoms with Crippen LogP contribution in [0.15, 0.2) is 76.1 Å². The number of anilines is 1. The van der Waals surface area contributed by atoms with Crippen LogP contribution in [-0.2, 0) is 21.4 Å². The minimum Gasteiger partial charge on any atom is -0.322 e. The molecule has 0 aliphatic rings. The zero-order valence-electron chi connectivity index (χ0n) is 16.5. The molecule has 31 heavy (non-hydrogen) atoms. The highest BCUT2D eigenvalue weighted by atomic mass is 79.9. The lowest BCUT2D eigenvalue weighted by atomic mass is 10.2. The summed E-state index contributed by atoms with van der Waals surface area (Å²) in [5.41, 5.74) is 1.18. The second-order valence-electron chi connectivity index (χ2n) is 6.88. The molecule has 0 saturated heterocycles. The number of sulfonamides is 1. The molecule has 3 aromatic carbocycles. The van der Waals surface area contributed by atoms with Gasteiger partial charge in [-0.2, -0.15) is 4.31 Å². The van der Waals surface area contributed by atoms with E-state index in [1.807, 2.05) is 6.92 Å². The van der Waals surface area contributed by atoms with Crippen molar-refractivity contribution in [1.82, 2.24) is 4.31 Å². The zero-order chi connectivity index (χ0) is 22.6. The normalized spacial score (nSPS) is 11.5. The summed E-state index contributed by atoms with van der Waals surface area (Å²) in [7, 11) is -4.04. The van der Waals surface area contributed by atoms with Crippen molar-refractivity contribution in [2.45, 2.75) is 18.4 Å². The van der Waals surface area contributed by atoms with Gasteiger partial charge in [-0.05, 0) is 48.9 Å². The molecule has 162 valence electrons. The molecule has 0 aromatic heterocycles. The van der Waals surface area contributed by atoms with E-state index < -0.39 is 34.1 Å². The maximum atomic E-state index is 13.9. The molecular formula is C22H19BrF2N2O3S. The molecule has 0 bridgehead atoms. The number of halogens is 3. The minimum absolute atomic E-state index is 0.0277. The average Bonchev–Trinajstić information content (AvgIpc) is 2.72. The van der Waals surface area contributed by atoms with Gasteiger partial charge < -0.3 is 5.32 Å². The molecule has 3 rings (SSSR count). The summed E-state index contributed by atoms with van der Waals surface area (Å²) in [6.45, 7) is 1.17. The van der Waals surface area contributed by atoms with Gasteiger partial charge in [0.2, 0.25) is 15.9 Å². The standard InChI is InChI=1S/C22H19BrF2N2O3S/c1-15-2-9-19(10-3-15)31(29,30)27(13-16-4-6-17(23)7-5-16)14-22(28)26-21-12-18(24)8-11-20(21)25/h2-12H,13-14H2,1H3,(H,26,28). The third kappa shape index (κ3) is 5.96. The highest BCUT2D eigenvalue weighted by molar-refractivity contribution is 9.10. The van der Waals surface area contributed by atoms with Crippen LogP contribution in [0, 0.1) is 18.6 Å². The van der Waals surface area contributed by atoms with E-state index in [9.17, 15) is 22.0 Å². The van der Waals surface area contributed by atoms with E-state index in [1.165, 1.54) is 12.1 Å². The van der Waals surface area contributed by atoms with Gasteiger partial charge in [0.15, 0.2) is 0 Å². The summed E-state index contributed by atoms with van der Waals surface area (Å²) in [4.78, 5) is 12.6. The first-order valence-corrected chi connectivity index (χ1v) is 11.4. The topological polar surface area (TPSA) is 66.5 Å². The summed E-state index contributed by atoms with van der Waals surface area (Å²) < 4.78 is 55.5. The smallest absolute Gasteiger partial charge is 0.243 e. The Labute approximate surface area is 187 Å². The predicted molar refractivity (Wildman–Crippen MR) is 118 cm³/mol. The molecule has 3 aromatic rings. The van der Waals surface area contributed by atoms with Crippen molar-refractivity contribution in [1.29, 1.82) is 0 Å². The van der Waals surface area contributed by atoms with Crippen LogP contribution in [0.2, 0.25) is 0 Å². The number of rotatable bonds is 7. The summed E-state index contributed by atoms with van der Waals surface area (Å²) >= 11 is 3.32. The monoisotopic (exact) mass is 508 g/mol. The largest absolute Gasteiger partial charge is 0.322 e. The Morgan fingerprint density at radius 3 is 2.29 bits per heavy atom. The average molecular weight is 509 g/mol. The predicted octanol–water partition coefficient (Wildman–Crippen LogP) is 4.87. The van der Waals surface area contributed by atoms with Gasteiger partial charge in [0.1, 0.15) is 11.6 Å². The van der Waals surface area contributed by atoms with Gasteiger partial charge in [0.05, 0.1) is 17.1 Å². The lowest BCUT2D eigenvalue weighted by molar-refractivity contribution is -0.116. The Hall–Kier alpha value is -2.62. The van der Waals surface area contributed by atoms with Gasteiger partial charge in [-0.15, -0.1) is 0 Å². The molecule has 0 heterocycles. The molecule has 0 atom stereocenters. The van der Waals surface area contributed by atoms with E-state index in [1.54, 1.807) is 36.4 Å². The van der Waals surface area contributed by atoms with E-state index in [2.05, 4.69) is 21.2 Å². The van der Waals surface area contributed by atoms with Gasteiger partial charge in [0, 0.05) is 17.1 Å². The number of nitrogens with zero attached hydrogens (tertiary/aromatic N) is 1. The fourth-order valence-electron chi connectivity index (χ4n) is 2.82. The molecule has 0 fully saturated rings. The molecule has 0 spiro atoms. The second kappa shape index (κ2) is 9.67. The van der Waals surface area contributed by atoms with Crippen molar-refractivity contribution < 1.29 is 22.0 Å². The third-order valence-electron chi connectivity index (χ3n) is 4.45. The van der Waals surface area contributed by atoms with Crippen LogP contribution in [0.1, 0.15) is 11.1 Å². The summed E-state index contributed by atoms with van der Waals surface area (Å²) in [5, 5.41) is 2.24. The van der Waals surface area contributed by atoms with Crippen molar-refractivity contribution in [3.63, 3.8) is 0 Å². The highest BCUT2D eigenvalue weighted by Crippen LogP contribution is 2.21. The van der Waals surface area contributed by atoms with Gasteiger partial charge in [0.25, 0.3) is 0 Å². The molecule has 1 N–H and O–H groups in total. The summed E-state index contributed by atoms with van der Waals surface area (Å²) in [5.74, 6) is -2.34. The number of aryl methyl sites for hydroxylation is 1. The first-order chi connectivity index (χ1) is 14.6. The van der Waals surface area contributed by atoms with E-state index in [4.69, 9.17) is 0 Å². The fraction of sp³-hybridized carbons (Fsp3) is 0.136. The molecule has 0 saturated carbocycles. The quantitative estimate of drug-likeness (QED) is 0.495. The van der Waals surface area contributed by atoms with Crippen LogP contribution >= 0.6 is 15.9 Å². The van der Waals surface area contributed by atoms with Gasteiger partial charge in [-0.3, -0.25) is 4.79 Å². The van der Waals surface area contributed by atoms with Crippen molar-refractivity contribution in [3.8, 4) is 0 Å². The molecule has 0 aliphatic heterocycles. The maximum Gasteiger partial charge on any atom is 0.243 e. The Morgan fingerprint density at radius 2 is 1.65 bits per heavy atom. The molecular weight excluding hydrogens is 490 g/mol. The molecule has 0 aliphatic carbocycles. The number of carbonyl (C=O) groups is 1. The van der Waals surface area contributed by atoms with E-state index in [-0.39, 0.29) is 17.1 Å². The van der Waals surface area contributed by atoms with Crippen LogP contribution < -0.4 is 5.32 Å². The van der Waals surface area contributed by atoms with Crippen molar-refractivity contribution >= 4 is 37.5 Å². The Balaban J connectivity index is 1.89. The Kier molecular flexibility index (Phi) is 7.19. The summed E-state index contributed by atoms with van der Waals surface area (Å²) in [6.07, 6.45) is 0. The molecule has 1 amide bonds. The maximum absolute atomic E-state index is 13.9. The number of amides is 1. The van der Waals surface area contributed by atoms with Crippen LogP contribution in [0.3, 0.4) is 0 Å². The Morgan fingerprint density at radius 1 is 1.00 bits per heavy atom. The van der Waals surface area contributed by atoms with Crippen LogP contribution in [0.4, 0.5) is 14.5 Å². The van der Waals surface area contributed by atoms with Crippen molar-refractivity contribution in [2.24, 2.45) is 0 Å².